The van der Waals surface area contributed by atoms with Crippen LogP contribution in [0.25, 0.3) is 0 Å². The minimum absolute atomic E-state index is 0.277. The summed E-state index contributed by atoms with van der Waals surface area (Å²) in [4.78, 5) is 0. The molecule has 0 spiro atoms. The van der Waals surface area contributed by atoms with Gasteiger partial charge in [-0.3, -0.25) is 5.84 Å². The third-order valence-electron chi connectivity index (χ3n) is 2.58. The molecule has 1 aromatic heterocycles. The van der Waals surface area contributed by atoms with Crippen LogP contribution in [0.15, 0.2) is 34.7 Å². The van der Waals surface area contributed by atoms with Gasteiger partial charge in [-0.05, 0) is 47.9 Å². The molecule has 0 radical (unpaired) electrons. The first-order valence-electron chi connectivity index (χ1n) is 5.25. The smallest absolute Gasteiger partial charge is 0.193 e. The summed E-state index contributed by atoms with van der Waals surface area (Å²) in [7, 11) is 0. The van der Waals surface area contributed by atoms with E-state index in [2.05, 4.69) is 5.43 Å². The Hall–Kier alpha value is -1.07. The molecule has 18 heavy (non-hydrogen) atoms. The van der Waals surface area contributed by atoms with E-state index in [1.54, 1.807) is 18.2 Å². The largest absolute Gasteiger partial charge is 0.448 e. The van der Waals surface area contributed by atoms with Gasteiger partial charge in [-0.25, -0.2) is 9.82 Å². The molecule has 1 unspecified atom stereocenters. The van der Waals surface area contributed by atoms with E-state index < -0.39 is 0 Å². The lowest BCUT2D eigenvalue weighted by Gasteiger charge is -2.14. The lowest BCUT2D eigenvalue weighted by atomic mass is 10.0. The first-order valence-corrected chi connectivity index (χ1v) is 6.01. The number of nitrogens with two attached hydrogens (primary N) is 1. The lowest BCUT2D eigenvalue weighted by Crippen LogP contribution is -2.29. The van der Waals surface area contributed by atoms with Gasteiger partial charge in [0.1, 0.15) is 11.6 Å². The van der Waals surface area contributed by atoms with Gasteiger partial charge in [0.25, 0.3) is 0 Å². The van der Waals surface area contributed by atoms with Crippen molar-refractivity contribution in [2.24, 2.45) is 5.84 Å². The molecule has 0 aliphatic rings. The molecule has 6 heteroatoms. The normalized spacial score (nSPS) is 12.7. The average molecular weight is 289 g/mol. The molecule has 1 heterocycles. The molecule has 0 aliphatic heterocycles. The van der Waals surface area contributed by atoms with Gasteiger partial charge in [0.15, 0.2) is 5.22 Å². The number of hydrogen-bond donors (Lipinski definition) is 2. The zero-order valence-corrected chi connectivity index (χ0v) is 10.8. The second-order valence-corrected chi connectivity index (χ2v) is 4.58. The van der Waals surface area contributed by atoms with Gasteiger partial charge < -0.3 is 4.42 Å². The molecule has 96 valence electrons. The van der Waals surface area contributed by atoms with Crippen molar-refractivity contribution in [1.29, 1.82) is 0 Å². The van der Waals surface area contributed by atoms with E-state index in [4.69, 9.17) is 33.5 Å². The van der Waals surface area contributed by atoms with Crippen molar-refractivity contribution in [2.75, 3.05) is 0 Å². The van der Waals surface area contributed by atoms with Gasteiger partial charge in [-0.1, -0.05) is 17.7 Å². The third-order valence-corrected chi connectivity index (χ3v) is 3.13. The number of rotatable bonds is 4. The van der Waals surface area contributed by atoms with Gasteiger partial charge in [-0.15, -0.1) is 0 Å². The predicted molar refractivity (Wildman–Crippen MR) is 68.9 cm³/mol. The summed E-state index contributed by atoms with van der Waals surface area (Å²) < 4.78 is 18.2. The van der Waals surface area contributed by atoms with Crippen molar-refractivity contribution in [3.05, 3.63) is 57.7 Å². The highest BCUT2D eigenvalue weighted by Crippen LogP contribution is 2.26. The van der Waals surface area contributed by atoms with Crippen LogP contribution in [0.2, 0.25) is 10.2 Å². The molecule has 3 nitrogen and oxygen atoms in total. The zero-order chi connectivity index (χ0) is 13.1. The molecule has 1 aromatic carbocycles. The molecule has 0 saturated carbocycles. The Kier molecular flexibility index (Phi) is 4.24. The summed E-state index contributed by atoms with van der Waals surface area (Å²) in [6.45, 7) is 0. The number of halogens is 3. The summed E-state index contributed by atoms with van der Waals surface area (Å²) >= 11 is 11.7. The van der Waals surface area contributed by atoms with Crippen molar-refractivity contribution < 1.29 is 8.81 Å². The fourth-order valence-electron chi connectivity index (χ4n) is 1.66. The van der Waals surface area contributed by atoms with Crippen LogP contribution >= 0.6 is 23.2 Å². The van der Waals surface area contributed by atoms with Crippen molar-refractivity contribution in [1.82, 2.24) is 5.43 Å². The monoisotopic (exact) mass is 288 g/mol. The summed E-state index contributed by atoms with van der Waals surface area (Å²) in [6.07, 6.45) is 0.472. The van der Waals surface area contributed by atoms with Crippen LogP contribution in [0.3, 0.4) is 0 Å². The maximum atomic E-state index is 12.9. The van der Waals surface area contributed by atoms with Crippen LogP contribution in [0.5, 0.6) is 0 Å². The molecule has 1 atom stereocenters. The number of hydrazine groups is 1. The van der Waals surface area contributed by atoms with Gasteiger partial charge in [-0.2, -0.15) is 0 Å². The molecule has 0 bridgehead atoms. The molecule has 2 aromatic rings. The second-order valence-electron chi connectivity index (χ2n) is 3.80. The predicted octanol–water partition coefficient (Wildman–Crippen LogP) is 3.47. The standard InChI is InChI=1S/C12H11Cl2FN2O/c13-9-6-8(15)2-1-7(9)5-10(17-16)11-3-4-12(14)18-11/h1-4,6,10,17H,5,16H2. The van der Waals surface area contributed by atoms with E-state index in [-0.39, 0.29) is 17.1 Å². The first-order chi connectivity index (χ1) is 8.60. The lowest BCUT2D eigenvalue weighted by molar-refractivity contribution is 0.417. The van der Waals surface area contributed by atoms with Crippen molar-refractivity contribution >= 4 is 23.2 Å². The van der Waals surface area contributed by atoms with E-state index in [0.29, 0.717) is 17.2 Å². The van der Waals surface area contributed by atoms with E-state index in [1.165, 1.54) is 12.1 Å². The summed E-state index contributed by atoms with van der Waals surface area (Å²) in [5.74, 6) is 5.70. The highest BCUT2D eigenvalue weighted by atomic mass is 35.5. The quantitative estimate of drug-likeness (QED) is 0.669. The molecule has 0 aliphatic carbocycles. The Morgan fingerprint density at radius 1 is 1.28 bits per heavy atom. The Bertz CT molecular complexity index is 545. The van der Waals surface area contributed by atoms with E-state index in [9.17, 15) is 4.39 Å². The average Bonchev–Trinajstić information content (AvgIpc) is 2.75. The Balaban J connectivity index is 2.20. The number of hydrogen-bond acceptors (Lipinski definition) is 3. The summed E-state index contributed by atoms with van der Waals surface area (Å²) in [5.41, 5.74) is 3.39. The van der Waals surface area contributed by atoms with E-state index in [0.717, 1.165) is 5.56 Å². The topological polar surface area (TPSA) is 51.2 Å². The summed E-state index contributed by atoms with van der Waals surface area (Å²) in [5, 5.41) is 0.642. The van der Waals surface area contributed by atoms with Crippen LogP contribution in [-0.2, 0) is 6.42 Å². The highest BCUT2D eigenvalue weighted by Gasteiger charge is 2.16. The number of furan rings is 1. The molecular weight excluding hydrogens is 278 g/mol. The fourth-order valence-corrected chi connectivity index (χ4v) is 2.06. The van der Waals surface area contributed by atoms with Gasteiger partial charge >= 0.3 is 0 Å². The van der Waals surface area contributed by atoms with Crippen molar-refractivity contribution in [3.63, 3.8) is 0 Å². The summed E-state index contributed by atoms with van der Waals surface area (Å²) in [6, 6.07) is 7.31. The van der Waals surface area contributed by atoms with Crippen LogP contribution in [0.1, 0.15) is 17.4 Å². The Labute approximate surface area is 114 Å². The van der Waals surface area contributed by atoms with Crippen LogP contribution in [0, 0.1) is 5.82 Å². The maximum Gasteiger partial charge on any atom is 0.193 e. The molecule has 0 fully saturated rings. The molecular formula is C12H11Cl2FN2O. The van der Waals surface area contributed by atoms with Gasteiger partial charge in [0.05, 0.1) is 6.04 Å². The minimum atomic E-state index is -0.373. The number of nitrogens with one attached hydrogen (secondary N) is 1. The minimum Gasteiger partial charge on any atom is -0.448 e. The molecule has 0 amide bonds. The molecule has 2 rings (SSSR count). The molecule has 3 N–H and O–H groups in total. The van der Waals surface area contributed by atoms with Crippen LogP contribution < -0.4 is 11.3 Å². The van der Waals surface area contributed by atoms with E-state index in [1.807, 2.05) is 0 Å². The zero-order valence-electron chi connectivity index (χ0n) is 9.29. The first kappa shape index (κ1) is 13.4. The SMILES string of the molecule is NNC(Cc1ccc(F)cc1Cl)c1ccc(Cl)o1. The third kappa shape index (κ3) is 3.03. The van der Waals surface area contributed by atoms with Gasteiger partial charge in [0, 0.05) is 5.02 Å². The molecule has 0 saturated heterocycles. The second kappa shape index (κ2) is 5.71. The van der Waals surface area contributed by atoms with Crippen molar-refractivity contribution in [2.45, 2.75) is 12.5 Å². The van der Waals surface area contributed by atoms with Crippen molar-refractivity contribution in [3.8, 4) is 0 Å². The number of benzene rings is 1. The highest BCUT2D eigenvalue weighted by molar-refractivity contribution is 6.31. The van der Waals surface area contributed by atoms with Crippen LogP contribution in [0.4, 0.5) is 4.39 Å². The van der Waals surface area contributed by atoms with Gasteiger partial charge in [0.2, 0.25) is 0 Å². The maximum absolute atomic E-state index is 12.9. The Morgan fingerprint density at radius 3 is 2.61 bits per heavy atom. The Morgan fingerprint density at radius 2 is 2.06 bits per heavy atom. The van der Waals surface area contributed by atoms with Crippen LogP contribution in [-0.4, -0.2) is 0 Å². The van der Waals surface area contributed by atoms with E-state index >= 15 is 0 Å². The fraction of sp³-hybridized carbons (Fsp3) is 0.167.